The molecule has 0 bridgehead atoms. The Morgan fingerprint density at radius 3 is 2.19 bits per heavy atom. The Morgan fingerprint density at radius 1 is 0.963 bits per heavy atom. The number of ketones is 1. The predicted molar refractivity (Wildman–Crippen MR) is 106 cm³/mol. The van der Waals surface area contributed by atoms with Crippen molar-refractivity contribution in [2.24, 2.45) is 0 Å². The molecule has 0 fully saturated rings. The second-order valence-electron chi connectivity index (χ2n) is 6.55. The molecule has 5 heteroatoms. The van der Waals surface area contributed by atoms with E-state index in [0.717, 1.165) is 19.3 Å². The molecule has 0 spiro atoms. The first-order chi connectivity index (χ1) is 13.0. The average Bonchev–Trinajstić information content (AvgIpc) is 2.68. The first kappa shape index (κ1) is 20.6. The molecule has 0 aliphatic rings. The molecule has 0 aromatic heterocycles. The molecule has 1 atom stereocenters. The van der Waals surface area contributed by atoms with Crippen LogP contribution in [0, 0.1) is 0 Å². The third kappa shape index (κ3) is 5.17. The van der Waals surface area contributed by atoms with E-state index in [1.807, 2.05) is 24.0 Å². The van der Waals surface area contributed by atoms with Crippen LogP contribution in [0.15, 0.2) is 48.5 Å². The fourth-order valence-corrected chi connectivity index (χ4v) is 3.01. The Labute approximate surface area is 160 Å². The van der Waals surface area contributed by atoms with Gasteiger partial charge < -0.3 is 15.1 Å². The molecule has 144 valence electrons. The Hall–Kier alpha value is -2.66. The lowest BCUT2D eigenvalue weighted by atomic mass is 9.99. The highest BCUT2D eigenvalue weighted by Gasteiger charge is 2.22. The zero-order valence-electron chi connectivity index (χ0n) is 15.9. The summed E-state index contributed by atoms with van der Waals surface area (Å²) in [4.78, 5) is 26.0. The third-order valence-electron chi connectivity index (χ3n) is 4.51. The van der Waals surface area contributed by atoms with Gasteiger partial charge in [0.25, 0.3) is 0 Å². The van der Waals surface area contributed by atoms with Crippen LogP contribution < -0.4 is 4.90 Å². The number of nitrogens with zero attached hydrogens (tertiary/aromatic N) is 1. The average molecular weight is 369 g/mol. The van der Waals surface area contributed by atoms with Crippen LogP contribution in [-0.2, 0) is 0 Å². The monoisotopic (exact) mass is 369 g/mol. The van der Waals surface area contributed by atoms with Crippen molar-refractivity contribution in [2.45, 2.75) is 45.8 Å². The van der Waals surface area contributed by atoms with E-state index in [1.165, 1.54) is 24.3 Å². The third-order valence-corrected chi connectivity index (χ3v) is 4.51. The molecular weight excluding hydrogens is 342 g/mol. The molecule has 2 N–H and O–H groups in total. The second-order valence-corrected chi connectivity index (χ2v) is 6.55. The number of rotatable bonds is 10. The molecule has 0 saturated heterocycles. The minimum atomic E-state index is -1.03. The summed E-state index contributed by atoms with van der Waals surface area (Å²) in [6, 6.07) is 13.2. The van der Waals surface area contributed by atoms with Gasteiger partial charge in [-0.15, -0.1) is 0 Å². The largest absolute Gasteiger partial charge is 0.478 e. The first-order valence-corrected chi connectivity index (χ1v) is 9.41. The van der Waals surface area contributed by atoms with Crippen LogP contribution in [0.1, 0.15) is 65.8 Å². The lowest BCUT2D eigenvalue weighted by Crippen LogP contribution is -2.37. The Kier molecular flexibility index (Phi) is 7.55. The molecule has 0 radical (unpaired) electrons. The van der Waals surface area contributed by atoms with Gasteiger partial charge in [-0.1, -0.05) is 51.0 Å². The van der Waals surface area contributed by atoms with Crippen molar-refractivity contribution in [2.75, 3.05) is 11.4 Å². The Morgan fingerprint density at radius 2 is 1.59 bits per heavy atom. The topological polar surface area (TPSA) is 77.8 Å². The summed E-state index contributed by atoms with van der Waals surface area (Å²) in [7, 11) is 0. The Balaban J connectivity index is 2.39. The fraction of sp³-hybridized carbons (Fsp3) is 0.364. The zero-order chi connectivity index (χ0) is 19.8. The Bertz CT molecular complexity index is 770. The van der Waals surface area contributed by atoms with E-state index in [-0.39, 0.29) is 11.3 Å². The maximum atomic E-state index is 13.1. The number of benzene rings is 2. The van der Waals surface area contributed by atoms with Crippen molar-refractivity contribution in [1.82, 2.24) is 0 Å². The van der Waals surface area contributed by atoms with Gasteiger partial charge in [0, 0.05) is 23.4 Å². The lowest BCUT2D eigenvalue weighted by Gasteiger charge is -2.31. The lowest BCUT2D eigenvalue weighted by molar-refractivity contribution is 0.0696. The highest BCUT2D eigenvalue weighted by atomic mass is 16.4. The van der Waals surface area contributed by atoms with E-state index in [4.69, 9.17) is 5.11 Å². The van der Waals surface area contributed by atoms with Crippen LogP contribution >= 0.6 is 0 Å². The van der Waals surface area contributed by atoms with Crippen LogP contribution in [0.25, 0.3) is 0 Å². The molecule has 0 aliphatic carbocycles. The van der Waals surface area contributed by atoms with Gasteiger partial charge in [0.15, 0.2) is 5.78 Å². The molecular formula is C22H27NO4. The van der Waals surface area contributed by atoms with Crippen LogP contribution in [0.5, 0.6) is 0 Å². The van der Waals surface area contributed by atoms with Gasteiger partial charge in [-0.05, 0) is 37.1 Å². The number of anilines is 1. The number of hydrogen-bond acceptors (Lipinski definition) is 4. The van der Waals surface area contributed by atoms with Gasteiger partial charge >= 0.3 is 5.97 Å². The molecule has 0 heterocycles. The van der Waals surface area contributed by atoms with Gasteiger partial charge in [0.2, 0.25) is 0 Å². The van der Waals surface area contributed by atoms with Crippen molar-refractivity contribution in [3.8, 4) is 0 Å². The molecule has 2 aromatic carbocycles. The van der Waals surface area contributed by atoms with Gasteiger partial charge in [-0.25, -0.2) is 4.79 Å². The van der Waals surface area contributed by atoms with E-state index < -0.39 is 12.2 Å². The number of carbonyl (C=O) groups excluding carboxylic acids is 1. The second kappa shape index (κ2) is 9.88. The number of carboxylic acids is 1. The van der Waals surface area contributed by atoms with Gasteiger partial charge in [0.1, 0.15) is 6.23 Å². The predicted octanol–water partition coefficient (Wildman–Crippen LogP) is 4.34. The summed E-state index contributed by atoms with van der Waals surface area (Å²) in [5.41, 5.74) is 1.78. The van der Waals surface area contributed by atoms with E-state index in [1.54, 1.807) is 12.1 Å². The number of unbranched alkanes of at least 4 members (excludes halogenated alkanes) is 1. The normalized spacial score (nSPS) is 11.8. The van der Waals surface area contributed by atoms with E-state index in [2.05, 4.69) is 6.92 Å². The SMILES string of the molecule is CCCCN(c1ccccc1C(=O)c1ccc(C(=O)O)cc1)C(O)CCC. The van der Waals surface area contributed by atoms with Crippen LogP contribution in [0.2, 0.25) is 0 Å². The van der Waals surface area contributed by atoms with Crippen molar-refractivity contribution in [1.29, 1.82) is 0 Å². The number of para-hydroxylation sites is 1. The number of aliphatic hydroxyl groups is 1. The zero-order valence-corrected chi connectivity index (χ0v) is 15.9. The number of carbonyl (C=O) groups is 2. The van der Waals surface area contributed by atoms with Crippen LogP contribution in [0.4, 0.5) is 5.69 Å². The fourth-order valence-electron chi connectivity index (χ4n) is 3.01. The van der Waals surface area contributed by atoms with Crippen molar-refractivity contribution in [3.05, 3.63) is 65.2 Å². The summed E-state index contributed by atoms with van der Waals surface area (Å²) in [5, 5.41) is 19.6. The maximum Gasteiger partial charge on any atom is 0.335 e. The molecule has 5 nitrogen and oxygen atoms in total. The van der Waals surface area contributed by atoms with Crippen LogP contribution in [-0.4, -0.2) is 34.7 Å². The van der Waals surface area contributed by atoms with E-state index in [0.29, 0.717) is 29.8 Å². The van der Waals surface area contributed by atoms with Crippen molar-refractivity contribution in [3.63, 3.8) is 0 Å². The smallest absolute Gasteiger partial charge is 0.335 e. The number of aliphatic hydroxyl groups excluding tert-OH is 1. The summed E-state index contributed by atoms with van der Waals surface area (Å²) in [6.07, 6.45) is 2.72. The summed E-state index contributed by atoms with van der Waals surface area (Å²) < 4.78 is 0. The molecule has 2 rings (SSSR count). The summed E-state index contributed by atoms with van der Waals surface area (Å²) >= 11 is 0. The molecule has 27 heavy (non-hydrogen) atoms. The van der Waals surface area contributed by atoms with Crippen molar-refractivity contribution >= 4 is 17.4 Å². The molecule has 1 unspecified atom stereocenters. The van der Waals surface area contributed by atoms with Gasteiger partial charge in [0.05, 0.1) is 5.56 Å². The quantitative estimate of drug-likeness (QED) is 0.481. The molecule has 0 saturated carbocycles. The van der Waals surface area contributed by atoms with E-state index in [9.17, 15) is 14.7 Å². The highest BCUT2D eigenvalue weighted by Crippen LogP contribution is 2.26. The van der Waals surface area contributed by atoms with Gasteiger partial charge in [-0.2, -0.15) is 0 Å². The van der Waals surface area contributed by atoms with Crippen molar-refractivity contribution < 1.29 is 19.8 Å². The highest BCUT2D eigenvalue weighted by molar-refractivity contribution is 6.12. The first-order valence-electron chi connectivity index (χ1n) is 9.41. The molecule has 0 aliphatic heterocycles. The number of carboxylic acid groups (broad SMARTS) is 1. The minimum Gasteiger partial charge on any atom is -0.478 e. The van der Waals surface area contributed by atoms with E-state index >= 15 is 0 Å². The molecule has 0 amide bonds. The number of hydrogen-bond donors (Lipinski definition) is 2. The van der Waals surface area contributed by atoms with Crippen LogP contribution in [0.3, 0.4) is 0 Å². The molecule has 2 aromatic rings. The summed E-state index contributed by atoms with van der Waals surface area (Å²) in [5.74, 6) is -1.21. The summed E-state index contributed by atoms with van der Waals surface area (Å²) in [6.45, 7) is 4.77. The standard InChI is InChI=1S/C22H27NO4/c1-3-5-15-23(20(24)8-4-2)19-10-7-6-9-18(19)21(25)16-11-13-17(14-12-16)22(26)27/h6-7,9-14,20,24H,3-5,8,15H2,1-2H3,(H,26,27). The number of aromatic carboxylic acids is 1. The minimum absolute atomic E-state index is 0.141. The maximum absolute atomic E-state index is 13.1. The van der Waals surface area contributed by atoms with Gasteiger partial charge in [-0.3, -0.25) is 4.79 Å².